The monoisotopic (exact) mass is 309 g/mol. The van der Waals surface area contributed by atoms with Gasteiger partial charge in [0.05, 0.1) is 18.8 Å². The van der Waals surface area contributed by atoms with Crippen molar-refractivity contribution < 1.29 is 17.9 Å². The highest BCUT2D eigenvalue weighted by Crippen LogP contribution is 2.29. The molecule has 1 saturated heterocycles. The summed E-state index contributed by atoms with van der Waals surface area (Å²) in [5, 5.41) is 0. The van der Waals surface area contributed by atoms with Crippen LogP contribution in [-0.2, 0) is 17.3 Å². The molecule has 2 nitrogen and oxygen atoms in total. The van der Waals surface area contributed by atoms with Crippen LogP contribution in [-0.4, -0.2) is 37.2 Å². The number of morpholine rings is 1. The van der Waals surface area contributed by atoms with Crippen LogP contribution in [0.25, 0.3) is 0 Å². The van der Waals surface area contributed by atoms with Crippen molar-refractivity contribution in [3.63, 3.8) is 0 Å². The van der Waals surface area contributed by atoms with Gasteiger partial charge in [-0.15, -0.1) is 12.4 Å². The summed E-state index contributed by atoms with van der Waals surface area (Å²) >= 11 is 0. The second kappa shape index (κ2) is 7.29. The van der Waals surface area contributed by atoms with Crippen molar-refractivity contribution in [3.8, 4) is 0 Å². The number of benzene rings is 1. The van der Waals surface area contributed by atoms with Crippen molar-refractivity contribution in [2.45, 2.75) is 25.6 Å². The zero-order valence-electron chi connectivity index (χ0n) is 11.3. The van der Waals surface area contributed by atoms with Gasteiger partial charge in [0.15, 0.2) is 0 Å². The number of nitrogens with zero attached hydrogens (tertiary/aromatic N) is 1. The summed E-state index contributed by atoms with van der Waals surface area (Å²) in [4.78, 5) is 2.25. The molecule has 114 valence electrons. The number of hydrogen-bond acceptors (Lipinski definition) is 2. The minimum Gasteiger partial charge on any atom is -0.379 e. The maximum Gasteiger partial charge on any atom is 0.416 e. The van der Waals surface area contributed by atoms with E-state index in [1.165, 1.54) is 12.1 Å². The first-order valence-electron chi connectivity index (χ1n) is 6.45. The fourth-order valence-corrected chi connectivity index (χ4v) is 2.36. The maximum absolute atomic E-state index is 12.6. The normalized spacial score (nSPS) is 18.4. The number of ether oxygens (including phenoxy) is 1. The Morgan fingerprint density at radius 3 is 2.50 bits per heavy atom. The molecule has 1 atom stereocenters. The van der Waals surface area contributed by atoms with E-state index in [-0.39, 0.29) is 18.4 Å². The third-order valence-electron chi connectivity index (χ3n) is 3.45. The molecular weight excluding hydrogens is 291 g/mol. The van der Waals surface area contributed by atoms with Gasteiger partial charge in [-0.05, 0) is 25.0 Å². The third kappa shape index (κ3) is 4.65. The second-order valence-corrected chi connectivity index (χ2v) is 4.90. The molecule has 1 fully saturated rings. The Bertz CT molecular complexity index is 419. The molecular formula is C14H19ClF3NO. The van der Waals surface area contributed by atoms with E-state index in [2.05, 4.69) is 4.90 Å². The first-order valence-corrected chi connectivity index (χ1v) is 6.45. The van der Waals surface area contributed by atoms with Gasteiger partial charge in [0, 0.05) is 19.1 Å². The quantitative estimate of drug-likeness (QED) is 0.848. The summed E-state index contributed by atoms with van der Waals surface area (Å²) in [6.45, 7) is 5.14. The van der Waals surface area contributed by atoms with Gasteiger partial charge in [0.1, 0.15) is 0 Å². The Hall–Kier alpha value is -0.780. The van der Waals surface area contributed by atoms with E-state index in [1.807, 2.05) is 6.92 Å². The second-order valence-electron chi connectivity index (χ2n) is 4.90. The Labute approximate surface area is 123 Å². The molecule has 1 aromatic rings. The SMILES string of the molecule is CC(Cc1cccc(C(F)(F)F)c1)N1CCOCC1.Cl. The molecule has 2 rings (SSSR count). The molecule has 0 saturated carbocycles. The van der Waals surface area contributed by atoms with E-state index < -0.39 is 11.7 Å². The van der Waals surface area contributed by atoms with Crippen molar-refractivity contribution in [3.05, 3.63) is 35.4 Å². The van der Waals surface area contributed by atoms with Gasteiger partial charge in [-0.25, -0.2) is 0 Å². The number of alkyl halides is 3. The minimum absolute atomic E-state index is 0. The number of rotatable bonds is 3. The van der Waals surface area contributed by atoms with Crippen molar-refractivity contribution in [1.29, 1.82) is 0 Å². The highest BCUT2D eigenvalue weighted by Gasteiger charge is 2.30. The van der Waals surface area contributed by atoms with Crippen LogP contribution in [0.5, 0.6) is 0 Å². The molecule has 1 heterocycles. The Morgan fingerprint density at radius 1 is 1.25 bits per heavy atom. The summed E-state index contributed by atoms with van der Waals surface area (Å²) in [7, 11) is 0. The molecule has 0 N–H and O–H groups in total. The van der Waals surface area contributed by atoms with Crippen molar-refractivity contribution >= 4 is 12.4 Å². The molecule has 1 aromatic carbocycles. The summed E-state index contributed by atoms with van der Waals surface area (Å²) < 4.78 is 43.2. The lowest BCUT2D eigenvalue weighted by Gasteiger charge is -2.32. The third-order valence-corrected chi connectivity index (χ3v) is 3.45. The molecule has 1 unspecified atom stereocenters. The van der Waals surface area contributed by atoms with Crippen LogP contribution in [0, 0.1) is 0 Å². The first kappa shape index (κ1) is 17.3. The van der Waals surface area contributed by atoms with Crippen LogP contribution in [0.3, 0.4) is 0 Å². The molecule has 0 amide bonds. The van der Waals surface area contributed by atoms with Crippen LogP contribution in [0.1, 0.15) is 18.1 Å². The molecule has 20 heavy (non-hydrogen) atoms. The molecule has 0 bridgehead atoms. The van der Waals surface area contributed by atoms with Gasteiger partial charge in [0.25, 0.3) is 0 Å². The summed E-state index contributed by atoms with van der Waals surface area (Å²) in [6.07, 6.45) is -3.64. The van der Waals surface area contributed by atoms with E-state index in [9.17, 15) is 13.2 Å². The van der Waals surface area contributed by atoms with E-state index in [0.717, 1.165) is 24.7 Å². The van der Waals surface area contributed by atoms with Gasteiger partial charge in [-0.2, -0.15) is 13.2 Å². The van der Waals surface area contributed by atoms with Crippen LogP contribution in [0.15, 0.2) is 24.3 Å². The van der Waals surface area contributed by atoms with Gasteiger partial charge < -0.3 is 4.74 Å². The summed E-state index contributed by atoms with van der Waals surface area (Å²) in [6, 6.07) is 5.82. The zero-order chi connectivity index (χ0) is 13.9. The lowest BCUT2D eigenvalue weighted by molar-refractivity contribution is -0.137. The standard InChI is InChI=1S/C14H18F3NO.ClH/c1-11(18-5-7-19-8-6-18)9-12-3-2-4-13(10-12)14(15,16)17;/h2-4,10-11H,5-9H2,1H3;1H. The molecule has 0 spiro atoms. The fourth-order valence-electron chi connectivity index (χ4n) is 2.36. The number of halogens is 4. The predicted octanol–water partition coefficient (Wildman–Crippen LogP) is 3.39. The lowest BCUT2D eigenvalue weighted by atomic mass is 10.0. The van der Waals surface area contributed by atoms with Crippen molar-refractivity contribution in [2.24, 2.45) is 0 Å². The molecule has 0 radical (unpaired) electrons. The maximum atomic E-state index is 12.6. The van der Waals surface area contributed by atoms with Gasteiger partial charge >= 0.3 is 6.18 Å². The van der Waals surface area contributed by atoms with Crippen molar-refractivity contribution in [1.82, 2.24) is 4.90 Å². The topological polar surface area (TPSA) is 12.5 Å². The highest BCUT2D eigenvalue weighted by atomic mass is 35.5. The molecule has 0 aliphatic carbocycles. The average molecular weight is 310 g/mol. The molecule has 6 heteroatoms. The first-order chi connectivity index (χ1) is 8.97. The van der Waals surface area contributed by atoms with Crippen LogP contribution in [0.4, 0.5) is 13.2 Å². The van der Waals surface area contributed by atoms with Gasteiger partial charge in [-0.3, -0.25) is 4.90 Å². The van der Waals surface area contributed by atoms with Crippen molar-refractivity contribution in [2.75, 3.05) is 26.3 Å². The fraction of sp³-hybridized carbons (Fsp3) is 0.571. The van der Waals surface area contributed by atoms with Crippen LogP contribution >= 0.6 is 12.4 Å². The number of hydrogen-bond donors (Lipinski definition) is 0. The van der Waals surface area contributed by atoms with E-state index in [1.54, 1.807) is 6.07 Å². The van der Waals surface area contributed by atoms with Gasteiger partial charge in [-0.1, -0.05) is 18.2 Å². The Kier molecular flexibility index (Phi) is 6.30. The van der Waals surface area contributed by atoms with E-state index in [4.69, 9.17) is 4.74 Å². The van der Waals surface area contributed by atoms with Crippen LogP contribution < -0.4 is 0 Å². The van der Waals surface area contributed by atoms with Crippen LogP contribution in [0.2, 0.25) is 0 Å². The highest BCUT2D eigenvalue weighted by molar-refractivity contribution is 5.85. The smallest absolute Gasteiger partial charge is 0.379 e. The average Bonchev–Trinajstić information content (AvgIpc) is 2.39. The van der Waals surface area contributed by atoms with E-state index in [0.29, 0.717) is 19.6 Å². The minimum atomic E-state index is -4.27. The van der Waals surface area contributed by atoms with Gasteiger partial charge in [0.2, 0.25) is 0 Å². The Balaban J connectivity index is 0.00000200. The molecule has 1 aliphatic heterocycles. The predicted molar refractivity (Wildman–Crippen MR) is 74.3 cm³/mol. The largest absolute Gasteiger partial charge is 0.416 e. The summed E-state index contributed by atoms with van der Waals surface area (Å²) in [5.74, 6) is 0. The molecule has 0 aromatic heterocycles. The lowest BCUT2D eigenvalue weighted by Crippen LogP contribution is -2.43. The summed E-state index contributed by atoms with van der Waals surface area (Å²) in [5.41, 5.74) is 0.160. The molecule has 1 aliphatic rings. The Morgan fingerprint density at radius 2 is 1.90 bits per heavy atom. The van der Waals surface area contributed by atoms with E-state index >= 15 is 0 Å². The zero-order valence-corrected chi connectivity index (χ0v) is 12.1.